The number of nitrogens with zero attached hydrogens (tertiary/aromatic N) is 2. The van der Waals surface area contributed by atoms with Crippen molar-refractivity contribution in [2.24, 2.45) is 5.73 Å². The number of hydrogen-bond acceptors (Lipinski definition) is 3. The van der Waals surface area contributed by atoms with Crippen LogP contribution in [0.25, 0.3) is 0 Å². The minimum Gasteiger partial charge on any atom is -0.326 e. The van der Waals surface area contributed by atoms with Crippen molar-refractivity contribution in [2.75, 3.05) is 0 Å². The zero-order chi connectivity index (χ0) is 10.9. The van der Waals surface area contributed by atoms with Gasteiger partial charge < -0.3 is 5.73 Å². The first-order valence-corrected chi connectivity index (χ1v) is 5.22. The second kappa shape index (κ2) is 4.23. The Labute approximate surface area is 91.3 Å². The highest BCUT2D eigenvalue weighted by Crippen LogP contribution is 2.16. The van der Waals surface area contributed by atoms with Crippen LogP contribution in [0.4, 0.5) is 0 Å². The van der Waals surface area contributed by atoms with Crippen LogP contribution in [-0.2, 0) is 6.54 Å². The van der Waals surface area contributed by atoms with Gasteiger partial charge in [0.2, 0.25) is 0 Å². The second-order valence-electron chi connectivity index (χ2n) is 3.47. The van der Waals surface area contributed by atoms with E-state index in [0.29, 0.717) is 12.2 Å². The van der Waals surface area contributed by atoms with Crippen LogP contribution in [0.2, 0.25) is 0 Å². The molecule has 0 aliphatic heterocycles. The Balaban J connectivity index is 3.30. The van der Waals surface area contributed by atoms with Crippen LogP contribution in [0.15, 0.2) is 9.27 Å². The SMILES string of the molecule is Cc1nc(=O)n(CC(C)N)c(C)c1Br. The molecular weight excluding hydrogens is 246 g/mol. The molecule has 0 fully saturated rings. The highest BCUT2D eigenvalue weighted by atomic mass is 79.9. The molecule has 1 unspecified atom stereocenters. The number of hydrogen-bond donors (Lipinski definition) is 1. The fourth-order valence-electron chi connectivity index (χ4n) is 1.28. The van der Waals surface area contributed by atoms with Gasteiger partial charge in [-0.15, -0.1) is 0 Å². The summed E-state index contributed by atoms with van der Waals surface area (Å²) in [7, 11) is 0. The summed E-state index contributed by atoms with van der Waals surface area (Å²) in [6, 6.07) is -0.0530. The van der Waals surface area contributed by atoms with Crippen molar-refractivity contribution in [3.63, 3.8) is 0 Å². The third kappa shape index (κ3) is 2.22. The van der Waals surface area contributed by atoms with Gasteiger partial charge in [-0.05, 0) is 36.7 Å². The van der Waals surface area contributed by atoms with Crippen LogP contribution in [0.1, 0.15) is 18.3 Å². The molecule has 0 bridgehead atoms. The maximum Gasteiger partial charge on any atom is 0.348 e. The molecule has 0 radical (unpaired) electrons. The normalized spacial score (nSPS) is 12.9. The van der Waals surface area contributed by atoms with Gasteiger partial charge in [0.05, 0.1) is 10.2 Å². The summed E-state index contributed by atoms with van der Waals surface area (Å²) in [5.74, 6) is 0. The molecule has 0 spiro atoms. The molecule has 0 saturated carbocycles. The van der Waals surface area contributed by atoms with Crippen molar-refractivity contribution < 1.29 is 0 Å². The van der Waals surface area contributed by atoms with Crippen molar-refractivity contribution >= 4 is 15.9 Å². The number of nitrogens with two attached hydrogens (primary N) is 1. The molecule has 1 heterocycles. The Morgan fingerprint density at radius 1 is 1.57 bits per heavy atom. The summed E-state index contributed by atoms with van der Waals surface area (Å²) in [5, 5.41) is 0. The first-order chi connectivity index (χ1) is 6.43. The molecule has 0 aromatic carbocycles. The average Bonchev–Trinajstić information content (AvgIpc) is 2.09. The van der Waals surface area contributed by atoms with Crippen molar-refractivity contribution in [1.29, 1.82) is 0 Å². The molecule has 4 nitrogen and oxygen atoms in total. The van der Waals surface area contributed by atoms with Crippen LogP contribution in [0.5, 0.6) is 0 Å². The second-order valence-corrected chi connectivity index (χ2v) is 4.26. The minimum atomic E-state index is -0.236. The van der Waals surface area contributed by atoms with E-state index in [4.69, 9.17) is 5.73 Å². The third-order valence-electron chi connectivity index (χ3n) is 2.00. The van der Waals surface area contributed by atoms with Gasteiger partial charge in [0.25, 0.3) is 0 Å². The van der Waals surface area contributed by atoms with Crippen molar-refractivity contribution in [1.82, 2.24) is 9.55 Å². The van der Waals surface area contributed by atoms with Gasteiger partial charge in [-0.1, -0.05) is 0 Å². The molecule has 0 aliphatic rings. The molecule has 2 N–H and O–H groups in total. The van der Waals surface area contributed by atoms with Crippen LogP contribution in [-0.4, -0.2) is 15.6 Å². The molecule has 0 aliphatic carbocycles. The van der Waals surface area contributed by atoms with Gasteiger partial charge in [-0.3, -0.25) is 4.57 Å². The zero-order valence-electron chi connectivity index (χ0n) is 8.54. The third-order valence-corrected chi connectivity index (χ3v) is 3.15. The highest BCUT2D eigenvalue weighted by molar-refractivity contribution is 9.10. The maximum atomic E-state index is 11.5. The summed E-state index contributed by atoms with van der Waals surface area (Å²) in [4.78, 5) is 15.4. The Hall–Kier alpha value is -0.680. The Morgan fingerprint density at radius 3 is 2.64 bits per heavy atom. The van der Waals surface area contributed by atoms with Gasteiger partial charge in [-0.2, -0.15) is 4.98 Å². The molecule has 1 aromatic heterocycles. The molecule has 0 amide bonds. The summed E-state index contributed by atoms with van der Waals surface area (Å²) >= 11 is 3.39. The van der Waals surface area contributed by atoms with Gasteiger partial charge in [0, 0.05) is 18.3 Å². The van der Waals surface area contributed by atoms with E-state index in [-0.39, 0.29) is 11.7 Å². The molecular formula is C9H14BrN3O. The van der Waals surface area contributed by atoms with Crippen LogP contribution >= 0.6 is 15.9 Å². The minimum absolute atomic E-state index is 0.0530. The first-order valence-electron chi connectivity index (χ1n) is 4.42. The summed E-state index contributed by atoms with van der Waals surface area (Å²) in [6.45, 7) is 6.04. The monoisotopic (exact) mass is 259 g/mol. The number of rotatable bonds is 2. The van der Waals surface area contributed by atoms with Crippen molar-refractivity contribution in [2.45, 2.75) is 33.4 Å². The van der Waals surface area contributed by atoms with Gasteiger partial charge in [0.15, 0.2) is 0 Å². The van der Waals surface area contributed by atoms with E-state index in [1.165, 1.54) is 0 Å². The summed E-state index contributed by atoms with van der Waals surface area (Å²) in [5.41, 5.74) is 7.00. The van der Waals surface area contributed by atoms with Crippen LogP contribution in [0.3, 0.4) is 0 Å². The largest absolute Gasteiger partial charge is 0.348 e. The van der Waals surface area contributed by atoms with Crippen LogP contribution < -0.4 is 11.4 Å². The Bertz CT molecular complexity index is 398. The lowest BCUT2D eigenvalue weighted by Crippen LogP contribution is -2.33. The van der Waals surface area contributed by atoms with Gasteiger partial charge in [-0.25, -0.2) is 4.79 Å². The molecule has 78 valence electrons. The lowest BCUT2D eigenvalue weighted by atomic mass is 10.3. The zero-order valence-corrected chi connectivity index (χ0v) is 10.1. The first kappa shape index (κ1) is 11.4. The molecule has 5 heteroatoms. The van der Waals surface area contributed by atoms with Gasteiger partial charge in [0.1, 0.15) is 0 Å². The molecule has 0 saturated heterocycles. The lowest BCUT2D eigenvalue weighted by Gasteiger charge is -2.13. The molecule has 14 heavy (non-hydrogen) atoms. The van der Waals surface area contributed by atoms with E-state index in [0.717, 1.165) is 10.2 Å². The fourth-order valence-corrected chi connectivity index (χ4v) is 1.58. The summed E-state index contributed by atoms with van der Waals surface area (Å²) in [6.07, 6.45) is 0. The summed E-state index contributed by atoms with van der Waals surface area (Å²) < 4.78 is 2.46. The maximum absolute atomic E-state index is 11.5. The topological polar surface area (TPSA) is 60.9 Å². The highest BCUT2D eigenvalue weighted by Gasteiger charge is 2.09. The van der Waals surface area contributed by atoms with Crippen molar-refractivity contribution in [3.05, 3.63) is 26.3 Å². The van der Waals surface area contributed by atoms with E-state index in [1.54, 1.807) is 11.5 Å². The Kier molecular flexibility index (Phi) is 3.44. The van der Waals surface area contributed by atoms with Crippen molar-refractivity contribution in [3.8, 4) is 0 Å². The smallest absolute Gasteiger partial charge is 0.326 e. The lowest BCUT2D eigenvalue weighted by molar-refractivity contribution is 0.547. The van der Waals surface area contributed by atoms with Crippen LogP contribution in [0, 0.1) is 13.8 Å². The van der Waals surface area contributed by atoms with E-state index in [1.807, 2.05) is 13.8 Å². The standard InChI is InChI=1S/C9H14BrN3O/c1-5(11)4-13-7(3)8(10)6(2)12-9(13)14/h5H,4,11H2,1-3H3. The van der Waals surface area contributed by atoms with E-state index in [2.05, 4.69) is 20.9 Å². The number of halogens is 1. The molecule has 1 aromatic rings. The predicted octanol–water partition coefficient (Wildman–Crippen LogP) is 0.970. The van der Waals surface area contributed by atoms with E-state index < -0.39 is 0 Å². The Morgan fingerprint density at radius 2 is 2.14 bits per heavy atom. The average molecular weight is 260 g/mol. The van der Waals surface area contributed by atoms with E-state index in [9.17, 15) is 4.79 Å². The van der Waals surface area contributed by atoms with E-state index >= 15 is 0 Å². The molecule has 1 rings (SSSR count). The number of aryl methyl sites for hydroxylation is 1. The predicted molar refractivity (Wildman–Crippen MR) is 59.3 cm³/mol. The quantitative estimate of drug-likeness (QED) is 0.861. The van der Waals surface area contributed by atoms with Gasteiger partial charge >= 0.3 is 5.69 Å². The fraction of sp³-hybridized carbons (Fsp3) is 0.556. The number of aromatic nitrogens is 2. The molecule has 1 atom stereocenters.